The van der Waals surface area contributed by atoms with Gasteiger partial charge in [-0.2, -0.15) is 22.0 Å². The Morgan fingerprint density at radius 1 is 1.23 bits per heavy atom. The van der Waals surface area contributed by atoms with Crippen LogP contribution in [0.4, 0.5) is 22.0 Å². The first kappa shape index (κ1) is 20.1. The summed E-state index contributed by atoms with van der Waals surface area (Å²) in [5.74, 6) is -5.25. The molecule has 12 heteroatoms. The van der Waals surface area contributed by atoms with Gasteiger partial charge in [0.1, 0.15) is 9.41 Å². The number of ether oxygens (including phenoxy) is 1. The van der Waals surface area contributed by atoms with Gasteiger partial charge < -0.3 is 4.74 Å². The van der Waals surface area contributed by atoms with Gasteiger partial charge in [0.2, 0.25) is 0 Å². The summed E-state index contributed by atoms with van der Waals surface area (Å²) in [6, 6.07) is 0. The Labute approximate surface area is 137 Å². The van der Waals surface area contributed by atoms with E-state index in [1.54, 1.807) is 23.5 Å². The smallest absolute Gasteiger partial charge is 0.453 e. The molecule has 1 saturated heterocycles. The lowest BCUT2D eigenvalue weighted by Crippen LogP contribution is -2.37. The fourth-order valence-corrected chi connectivity index (χ4v) is 4.53. The predicted octanol–water partition coefficient (Wildman–Crippen LogP) is 3.01. The highest BCUT2D eigenvalue weighted by molar-refractivity contribution is 8.24. The molecule has 0 aromatic carbocycles. The molecule has 0 saturated carbocycles. The van der Waals surface area contributed by atoms with Crippen LogP contribution in [-0.4, -0.2) is 46.1 Å². The third kappa shape index (κ3) is 6.69. The summed E-state index contributed by atoms with van der Waals surface area (Å²) in [4.78, 5) is 11.3. The van der Waals surface area contributed by atoms with Gasteiger partial charge in [0, 0.05) is 5.75 Å². The molecule has 1 rings (SSSR count). The standard InChI is InChI=1S/C10H15F5N2O2S3/c1-20-7-16-17-8(22-7)21-5-2-6(18)19-4-3-9(11,12)10(13,14)15/h7-8,16-17H,2-5H2,1H3. The number of thioether (sulfide) groups is 3. The number of alkyl halides is 5. The maximum Gasteiger partial charge on any atom is 0.453 e. The molecular formula is C10H15F5N2O2S3. The van der Waals surface area contributed by atoms with Crippen LogP contribution in [-0.2, 0) is 9.53 Å². The minimum atomic E-state index is -5.62. The second-order valence-corrected chi connectivity index (χ2v) is 8.09. The largest absolute Gasteiger partial charge is 0.465 e. The summed E-state index contributed by atoms with van der Waals surface area (Å²) in [5.41, 5.74) is 6.00. The van der Waals surface area contributed by atoms with Crippen LogP contribution < -0.4 is 10.9 Å². The van der Waals surface area contributed by atoms with Crippen LogP contribution >= 0.6 is 35.3 Å². The monoisotopic (exact) mass is 386 g/mol. The van der Waals surface area contributed by atoms with E-state index in [2.05, 4.69) is 15.6 Å². The summed E-state index contributed by atoms with van der Waals surface area (Å²) in [6.45, 7) is -0.956. The van der Waals surface area contributed by atoms with E-state index < -0.39 is 31.1 Å². The van der Waals surface area contributed by atoms with E-state index >= 15 is 0 Å². The zero-order valence-electron chi connectivity index (χ0n) is 11.4. The van der Waals surface area contributed by atoms with Crippen molar-refractivity contribution in [3.8, 4) is 0 Å². The van der Waals surface area contributed by atoms with E-state index in [1.165, 1.54) is 11.8 Å². The number of hydrogen-bond acceptors (Lipinski definition) is 7. The molecule has 22 heavy (non-hydrogen) atoms. The van der Waals surface area contributed by atoms with Gasteiger partial charge in [-0.1, -0.05) is 11.8 Å². The molecule has 4 nitrogen and oxygen atoms in total. The Bertz CT molecular complexity index is 373. The van der Waals surface area contributed by atoms with Gasteiger partial charge in [-0.15, -0.1) is 23.5 Å². The van der Waals surface area contributed by atoms with Crippen molar-refractivity contribution in [3.63, 3.8) is 0 Å². The second kappa shape index (κ2) is 8.81. The van der Waals surface area contributed by atoms with Crippen molar-refractivity contribution in [2.24, 2.45) is 0 Å². The van der Waals surface area contributed by atoms with Crippen LogP contribution in [0.3, 0.4) is 0 Å². The van der Waals surface area contributed by atoms with Gasteiger partial charge in [-0.25, -0.2) is 10.9 Å². The number of nitrogens with one attached hydrogen (secondary N) is 2. The molecule has 0 amide bonds. The van der Waals surface area contributed by atoms with Gasteiger partial charge in [-0.3, -0.25) is 4.79 Å². The zero-order chi connectivity index (χ0) is 16.8. The van der Waals surface area contributed by atoms with Crippen LogP contribution in [0.25, 0.3) is 0 Å². The molecule has 2 unspecified atom stereocenters. The van der Waals surface area contributed by atoms with Crippen molar-refractivity contribution >= 4 is 41.3 Å². The van der Waals surface area contributed by atoms with E-state index in [9.17, 15) is 26.7 Å². The molecule has 0 spiro atoms. The lowest BCUT2D eigenvalue weighted by molar-refractivity contribution is -0.286. The molecule has 1 aliphatic rings. The summed E-state index contributed by atoms with van der Waals surface area (Å²) in [6.07, 6.45) is -5.30. The molecule has 0 aromatic rings. The SMILES string of the molecule is CSC1NNC(SCCC(=O)OCCC(F)(F)C(F)(F)F)S1. The maximum atomic E-state index is 12.6. The first-order valence-electron chi connectivity index (χ1n) is 6.07. The van der Waals surface area contributed by atoms with E-state index in [1.807, 2.05) is 6.26 Å². The molecular weight excluding hydrogens is 371 g/mol. The molecule has 1 fully saturated rings. The van der Waals surface area contributed by atoms with Gasteiger partial charge >= 0.3 is 18.1 Å². The topological polar surface area (TPSA) is 50.4 Å². The fourth-order valence-electron chi connectivity index (χ4n) is 1.27. The molecule has 1 aliphatic heterocycles. The van der Waals surface area contributed by atoms with Gasteiger partial charge in [0.15, 0.2) is 0 Å². The van der Waals surface area contributed by atoms with E-state index in [0.29, 0.717) is 5.75 Å². The molecule has 1 heterocycles. The highest BCUT2D eigenvalue weighted by Crippen LogP contribution is 2.38. The van der Waals surface area contributed by atoms with Gasteiger partial charge in [0.05, 0.1) is 19.4 Å². The van der Waals surface area contributed by atoms with E-state index in [-0.39, 0.29) is 15.8 Å². The Morgan fingerprint density at radius 2 is 1.86 bits per heavy atom. The van der Waals surface area contributed by atoms with Crippen LogP contribution in [0.5, 0.6) is 0 Å². The first-order valence-corrected chi connectivity index (χ1v) is 9.35. The normalized spacial score (nSPS) is 22.8. The van der Waals surface area contributed by atoms with Crippen molar-refractivity contribution in [3.05, 3.63) is 0 Å². The Balaban J connectivity index is 2.12. The Hall–Kier alpha value is 0.0900. The number of esters is 1. The summed E-state index contributed by atoms with van der Waals surface area (Å²) < 4.78 is 65.4. The minimum absolute atomic E-state index is 0.0415. The van der Waals surface area contributed by atoms with Crippen LogP contribution in [0.2, 0.25) is 0 Å². The van der Waals surface area contributed by atoms with Crippen molar-refractivity contribution in [2.45, 2.75) is 34.4 Å². The lowest BCUT2D eigenvalue weighted by atomic mass is 10.2. The lowest BCUT2D eigenvalue weighted by Gasteiger charge is -2.19. The quantitative estimate of drug-likeness (QED) is 0.491. The van der Waals surface area contributed by atoms with Gasteiger partial charge in [0.25, 0.3) is 0 Å². The van der Waals surface area contributed by atoms with Crippen LogP contribution in [0, 0.1) is 0 Å². The molecule has 130 valence electrons. The van der Waals surface area contributed by atoms with Crippen molar-refractivity contribution in [1.29, 1.82) is 0 Å². The second-order valence-electron chi connectivity index (χ2n) is 4.12. The number of carbonyl (C=O) groups is 1. The van der Waals surface area contributed by atoms with Crippen molar-refractivity contribution < 1.29 is 31.5 Å². The third-order valence-corrected chi connectivity index (χ3v) is 6.24. The van der Waals surface area contributed by atoms with Crippen molar-refractivity contribution in [1.82, 2.24) is 10.9 Å². The van der Waals surface area contributed by atoms with Crippen molar-refractivity contribution in [2.75, 3.05) is 18.6 Å². The summed E-state index contributed by atoms with van der Waals surface area (Å²) >= 11 is 4.65. The average molecular weight is 386 g/mol. The number of rotatable bonds is 8. The Morgan fingerprint density at radius 3 is 2.41 bits per heavy atom. The molecule has 2 N–H and O–H groups in total. The average Bonchev–Trinajstić information content (AvgIpc) is 2.85. The van der Waals surface area contributed by atoms with Crippen LogP contribution in [0.1, 0.15) is 12.8 Å². The predicted molar refractivity (Wildman–Crippen MR) is 78.6 cm³/mol. The number of hydrogen-bond donors (Lipinski definition) is 2. The zero-order valence-corrected chi connectivity index (χ0v) is 13.9. The summed E-state index contributed by atoms with van der Waals surface area (Å²) in [7, 11) is 0. The third-order valence-electron chi connectivity index (χ3n) is 2.45. The summed E-state index contributed by atoms with van der Waals surface area (Å²) in [5, 5.41) is 0. The first-order chi connectivity index (χ1) is 10.2. The maximum absolute atomic E-state index is 12.6. The molecule has 0 aromatic heterocycles. The molecule has 2 atom stereocenters. The van der Waals surface area contributed by atoms with Gasteiger partial charge in [-0.05, 0) is 6.26 Å². The fraction of sp³-hybridized carbons (Fsp3) is 0.900. The molecule has 0 bridgehead atoms. The van der Waals surface area contributed by atoms with E-state index in [0.717, 1.165) is 0 Å². The minimum Gasteiger partial charge on any atom is -0.465 e. The van der Waals surface area contributed by atoms with Crippen LogP contribution in [0.15, 0.2) is 0 Å². The number of carbonyl (C=O) groups excluding carboxylic acids is 1. The van der Waals surface area contributed by atoms with E-state index in [4.69, 9.17) is 0 Å². The highest BCUT2D eigenvalue weighted by Gasteiger charge is 2.56. The molecule has 0 radical (unpaired) electrons. The molecule has 0 aliphatic carbocycles. The number of halogens is 5. The highest BCUT2D eigenvalue weighted by atomic mass is 32.2. The Kier molecular flexibility index (Phi) is 8.06. The number of hydrazine groups is 1.